The third-order valence-corrected chi connectivity index (χ3v) is 5.56. The molecule has 5 N–H and O–H groups in total. The smallest absolute Gasteiger partial charge is 0.323 e. The Morgan fingerprint density at radius 3 is 2.35 bits per heavy atom. The number of nitrogens with two attached hydrogens (primary N) is 1. The summed E-state index contributed by atoms with van der Waals surface area (Å²) in [4.78, 5) is 16.6. The first-order valence-electron chi connectivity index (χ1n) is 11.2. The predicted octanol–water partition coefficient (Wildman–Crippen LogP) is 5.36. The highest BCUT2D eigenvalue weighted by molar-refractivity contribution is 6.00. The van der Waals surface area contributed by atoms with Gasteiger partial charge in [0.2, 0.25) is 0 Å². The molecule has 34 heavy (non-hydrogen) atoms. The monoisotopic (exact) mass is 454 g/mol. The van der Waals surface area contributed by atoms with Crippen LogP contribution >= 0.6 is 0 Å². The van der Waals surface area contributed by atoms with Crippen molar-refractivity contribution in [3.8, 4) is 11.1 Å². The second-order valence-electron chi connectivity index (χ2n) is 8.10. The quantitative estimate of drug-likeness (QED) is 0.268. The van der Waals surface area contributed by atoms with E-state index in [0.717, 1.165) is 46.3 Å². The number of carbonyl (C=O) groups excluding carboxylic acids is 1. The van der Waals surface area contributed by atoms with E-state index < -0.39 is 0 Å². The highest BCUT2D eigenvalue weighted by Crippen LogP contribution is 2.33. The third kappa shape index (κ3) is 5.06. The summed E-state index contributed by atoms with van der Waals surface area (Å²) >= 11 is 0. The highest BCUT2D eigenvalue weighted by atomic mass is 16.2. The van der Waals surface area contributed by atoms with E-state index in [0.29, 0.717) is 30.0 Å². The molecule has 0 bridgehead atoms. The fourth-order valence-electron chi connectivity index (χ4n) is 3.95. The summed E-state index contributed by atoms with van der Waals surface area (Å²) in [5, 5.41) is 17.9. The van der Waals surface area contributed by atoms with Crippen molar-refractivity contribution >= 4 is 34.5 Å². The van der Waals surface area contributed by atoms with Gasteiger partial charge < -0.3 is 21.8 Å². The second-order valence-corrected chi connectivity index (χ2v) is 8.10. The van der Waals surface area contributed by atoms with Crippen molar-refractivity contribution in [2.75, 3.05) is 16.4 Å². The topological polar surface area (TPSA) is 121 Å². The van der Waals surface area contributed by atoms with Crippen LogP contribution in [0.1, 0.15) is 30.9 Å². The van der Waals surface area contributed by atoms with Crippen molar-refractivity contribution in [2.24, 2.45) is 0 Å². The number of fused-ring (bicyclic) bond motifs is 1. The summed E-state index contributed by atoms with van der Waals surface area (Å²) < 4.78 is 1.72. The van der Waals surface area contributed by atoms with E-state index in [1.165, 1.54) is 6.33 Å². The molecule has 0 aliphatic heterocycles. The van der Waals surface area contributed by atoms with Gasteiger partial charge in [-0.15, -0.1) is 0 Å². The van der Waals surface area contributed by atoms with Gasteiger partial charge in [-0.25, -0.2) is 14.3 Å². The maximum Gasteiger partial charge on any atom is 0.323 e. The number of carbonyl (C=O) groups is 1. The Bertz CT molecular complexity index is 1310. The Labute approximate surface area is 198 Å². The van der Waals surface area contributed by atoms with Crippen molar-refractivity contribution in [1.82, 2.24) is 14.6 Å². The molecule has 0 atom stereocenters. The van der Waals surface area contributed by atoms with Crippen LogP contribution in [0.2, 0.25) is 0 Å². The zero-order chi connectivity index (χ0) is 24.1. The SMILES string of the molecule is [CH2]Cc1cn2ncnc(N)c2c1-c1ccc(NC(=O)Nc2ccc(CC(=N)CCC)cc2)cc1. The molecule has 2 aromatic carbocycles. The number of urea groups is 1. The lowest BCUT2D eigenvalue weighted by Gasteiger charge is -2.10. The Hall–Kier alpha value is -4.20. The minimum absolute atomic E-state index is 0.329. The van der Waals surface area contributed by atoms with Crippen LogP contribution in [0, 0.1) is 12.3 Å². The van der Waals surface area contributed by atoms with Crippen molar-refractivity contribution in [1.29, 1.82) is 5.41 Å². The van der Waals surface area contributed by atoms with Gasteiger partial charge in [0.1, 0.15) is 11.8 Å². The van der Waals surface area contributed by atoms with Crippen LogP contribution in [0.25, 0.3) is 16.6 Å². The minimum Gasteiger partial charge on any atom is -0.382 e. The molecule has 173 valence electrons. The van der Waals surface area contributed by atoms with Crippen molar-refractivity contribution < 1.29 is 4.79 Å². The van der Waals surface area contributed by atoms with Gasteiger partial charge in [0.25, 0.3) is 0 Å². The van der Waals surface area contributed by atoms with Gasteiger partial charge in [-0.2, -0.15) is 5.10 Å². The molecule has 0 spiro atoms. The fourth-order valence-corrected chi connectivity index (χ4v) is 3.95. The third-order valence-electron chi connectivity index (χ3n) is 5.56. The molecule has 2 aromatic heterocycles. The van der Waals surface area contributed by atoms with Crippen LogP contribution in [0.5, 0.6) is 0 Å². The lowest BCUT2D eigenvalue weighted by molar-refractivity contribution is 0.262. The molecule has 4 aromatic rings. The molecule has 8 heteroatoms. The number of nitrogens with one attached hydrogen (secondary N) is 3. The average Bonchev–Trinajstić information content (AvgIpc) is 3.21. The summed E-state index contributed by atoms with van der Waals surface area (Å²) in [5.74, 6) is 0.402. The van der Waals surface area contributed by atoms with Gasteiger partial charge in [-0.1, -0.05) is 37.6 Å². The molecule has 0 aliphatic carbocycles. The van der Waals surface area contributed by atoms with Gasteiger partial charge in [0, 0.05) is 35.3 Å². The van der Waals surface area contributed by atoms with Gasteiger partial charge in [-0.3, -0.25) is 0 Å². The molecule has 0 aliphatic rings. The number of nitrogens with zero attached hydrogens (tertiary/aromatic N) is 3. The van der Waals surface area contributed by atoms with E-state index in [1.807, 2.05) is 54.7 Å². The van der Waals surface area contributed by atoms with E-state index in [-0.39, 0.29) is 6.03 Å². The Balaban J connectivity index is 1.43. The summed E-state index contributed by atoms with van der Waals surface area (Å²) in [6.07, 6.45) is 6.33. The molecule has 0 unspecified atom stereocenters. The normalized spacial score (nSPS) is 10.9. The highest BCUT2D eigenvalue weighted by Gasteiger charge is 2.15. The van der Waals surface area contributed by atoms with Crippen LogP contribution < -0.4 is 16.4 Å². The molecule has 4 rings (SSSR count). The number of anilines is 3. The van der Waals surface area contributed by atoms with Crippen molar-refractivity contribution in [3.63, 3.8) is 0 Å². The van der Waals surface area contributed by atoms with Crippen LogP contribution in [-0.2, 0) is 12.8 Å². The van der Waals surface area contributed by atoms with Gasteiger partial charge in [0.15, 0.2) is 5.82 Å². The summed E-state index contributed by atoms with van der Waals surface area (Å²) in [6, 6.07) is 14.8. The maximum absolute atomic E-state index is 12.5. The molecule has 8 nitrogen and oxygen atoms in total. The first-order chi connectivity index (χ1) is 16.5. The van der Waals surface area contributed by atoms with Crippen LogP contribution in [-0.4, -0.2) is 26.3 Å². The van der Waals surface area contributed by atoms with E-state index in [1.54, 1.807) is 4.52 Å². The minimum atomic E-state index is -0.329. The first kappa shape index (κ1) is 23.0. The Morgan fingerprint density at radius 1 is 1.09 bits per heavy atom. The zero-order valence-electron chi connectivity index (χ0n) is 19.1. The molecular weight excluding hydrogens is 426 g/mol. The van der Waals surface area contributed by atoms with E-state index >= 15 is 0 Å². The Morgan fingerprint density at radius 2 is 1.74 bits per heavy atom. The number of amides is 2. The fraction of sp³-hybridized carbons (Fsp3) is 0.192. The van der Waals surface area contributed by atoms with Gasteiger partial charge >= 0.3 is 6.03 Å². The molecule has 0 saturated heterocycles. The summed E-state index contributed by atoms with van der Waals surface area (Å²) in [7, 11) is 0. The predicted molar refractivity (Wildman–Crippen MR) is 137 cm³/mol. The van der Waals surface area contributed by atoms with Crippen LogP contribution in [0.4, 0.5) is 22.0 Å². The van der Waals surface area contributed by atoms with Crippen molar-refractivity contribution in [2.45, 2.75) is 32.6 Å². The molecule has 2 amide bonds. The molecule has 1 radical (unpaired) electrons. The van der Waals surface area contributed by atoms with Crippen LogP contribution in [0.3, 0.4) is 0 Å². The lowest BCUT2D eigenvalue weighted by Crippen LogP contribution is -2.19. The second kappa shape index (κ2) is 10.2. The number of benzene rings is 2. The number of hydrogen-bond acceptors (Lipinski definition) is 5. The first-order valence-corrected chi connectivity index (χ1v) is 11.2. The largest absolute Gasteiger partial charge is 0.382 e. The van der Waals surface area contributed by atoms with E-state index in [9.17, 15) is 4.79 Å². The number of nitrogen functional groups attached to an aromatic ring is 1. The number of rotatable bonds is 8. The van der Waals surface area contributed by atoms with Gasteiger partial charge in [0.05, 0.1) is 0 Å². The number of hydrogen-bond donors (Lipinski definition) is 4. The summed E-state index contributed by atoms with van der Waals surface area (Å²) in [5.41, 5.74) is 12.9. The average molecular weight is 455 g/mol. The molecular formula is C26H28N7O. The Kier molecular flexibility index (Phi) is 6.87. The maximum atomic E-state index is 12.5. The number of aromatic nitrogens is 3. The molecule has 2 heterocycles. The van der Waals surface area contributed by atoms with E-state index in [4.69, 9.17) is 11.1 Å². The standard InChI is InChI=1S/C26H28N7O/c1-3-5-20(27)14-17-6-10-21(11-7-17)31-26(34)32-22-12-8-19(9-13-22)23-18(4-2)15-33-24(23)25(28)29-16-30-33/h6-13,15-16,27H,2-5,14H2,1H3,(H2,28,29,30)(H2,31,32,34). The molecule has 0 saturated carbocycles. The van der Waals surface area contributed by atoms with Crippen molar-refractivity contribution in [3.05, 3.63) is 79.1 Å². The zero-order valence-corrected chi connectivity index (χ0v) is 19.1. The van der Waals surface area contributed by atoms with Gasteiger partial charge in [-0.05, 0) is 60.7 Å². The van der Waals surface area contributed by atoms with Crippen LogP contribution in [0.15, 0.2) is 61.1 Å². The summed E-state index contributed by atoms with van der Waals surface area (Å²) in [6.45, 7) is 6.08. The van der Waals surface area contributed by atoms with E-state index in [2.05, 4.69) is 34.6 Å². The molecule has 0 fully saturated rings. The lowest BCUT2D eigenvalue weighted by atomic mass is 10.0.